The molecular weight excluding hydrogens is 334 g/mol. The molecule has 26 heavy (non-hydrogen) atoms. The Balaban J connectivity index is 2.15. The van der Waals surface area contributed by atoms with Gasteiger partial charge in [0.25, 0.3) is 5.78 Å². The standard InChI is InChI=1S/C20H17NO5/c1-12-5-2-3-6-13(12)10-21-11-14(17(23)9-18(24)20(25)26)19-15(21)7-4-8-16(19)22/h2-9,11,22-23H,10H2,1H3,(H,25,26). The number of aliphatic hydroxyl groups excluding tert-OH is 1. The number of aliphatic carboxylic acids is 1. The van der Waals surface area contributed by atoms with E-state index in [2.05, 4.69) is 0 Å². The molecule has 0 radical (unpaired) electrons. The number of aromatic hydroxyl groups is 1. The number of carbonyl (C=O) groups excluding carboxylic acids is 1. The summed E-state index contributed by atoms with van der Waals surface area (Å²) in [4.78, 5) is 22.1. The molecule has 6 nitrogen and oxygen atoms in total. The molecule has 1 heterocycles. The molecule has 2 aromatic carbocycles. The lowest BCUT2D eigenvalue weighted by Gasteiger charge is -2.08. The third-order valence-electron chi connectivity index (χ3n) is 4.24. The number of carboxylic acid groups (broad SMARTS) is 1. The predicted octanol–water partition coefficient (Wildman–Crippen LogP) is 3.26. The smallest absolute Gasteiger partial charge is 0.376 e. The van der Waals surface area contributed by atoms with Crippen molar-refractivity contribution < 1.29 is 24.9 Å². The number of carboxylic acids is 1. The van der Waals surface area contributed by atoms with Gasteiger partial charge in [0.2, 0.25) is 0 Å². The van der Waals surface area contributed by atoms with Gasteiger partial charge in [-0.25, -0.2) is 4.79 Å². The number of aromatic nitrogens is 1. The second-order valence-electron chi connectivity index (χ2n) is 5.97. The van der Waals surface area contributed by atoms with Gasteiger partial charge in [0.1, 0.15) is 11.5 Å². The van der Waals surface area contributed by atoms with Gasteiger partial charge in [-0.05, 0) is 30.2 Å². The highest BCUT2D eigenvalue weighted by Gasteiger charge is 2.18. The van der Waals surface area contributed by atoms with Crippen LogP contribution in [0.25, 0.3) is 16.7 Å². The van der Waals surface area contributed by atoms with E-state index in [0.717, 1.165) is 11.1 Å². The van der Waals surface area contributed by atoms with E-state index in [-0.39, 0.29) is 11.3 Å². The molecule has 1 aromatic heterocycles. The molecule has 3 aromatic rings. The zero-order chi connectivity index (χ0) is 18.8. The molecule has 6 heteroatoms. The number of phenols is 1. The Labute approximate surface area is 149 Å². The third-order valence-corrected chi connectivity index (χ3v) is 4.24. The molecule has 0 bridgehead atoms. The van der Waals surface area contributed by atoms with Gasteiger partial charge in [0, 0.05) is 24.4 Å². The van der Waals surface area contributed by atoms with Crippen molar-refractivity contribution in [3.05, 3.63) is 71.4 Å². The molecule has 0 unspecified atom stereocenters. The lowest BCUT2D eigenvalue weighted by atomic mass is 10.1. The molecule has 0 atom stereocenters. The maximum Gasteiger partial charge on any atom is 0.376 e. The van der Waals surface area contributed by atoms with Crippen molar-refractivity contribution in [1.82, 2.24) is 4.57 Å². The van der Waals surface area contributed by atoms with Crippen LogP contribution in [-0.2, 0) is 16.1 Å². The van der Waals surface area contributed by atoms with Crippen LogP contribution in [0.5, 0.6) is 5.75 Å². The van der Waals surface area contributed by atoms with E-state index >= 15 is 0 Å². The van der Waals surface area contributed by atoms with Crippen molar-refractivity contribution in [2.75, 3.05) is 0 Å². The van der Waals surface area contributed by atoms with E-state index in [1.54, 1.807) is 18.3 Å². The average molecular weight is 351 g/mol. The number of benzene rings is 2. The highest BCUT2D eigenvalue weighted by molar-refractivity contribution is 6.38. The molecule has 0 saturated carbocycles. The lowest BCUT2D eigenvalue weighted by Crippen LogP contribution is -2.09. The van der Waals surface area contributed by atoms with Crippen molar-refractivity contribution in [3.8, 4) is 5.75 Å². The lowest BCUT2D eigenvalue weighted by molar-refractivity contribution is -0.146. The van der Waals surface area contributed by atoms with Crippen LogP contribution in [-0.4, -0.2) is 31.6 Å². The fourth-order valence-corrected chi connectivity index (χ4v) is 2.89. The summed E-state index contributed by atoms with van der Waals surface area (Å²) >= 11 is 0. The molecule has 3 rings (SSSR count). The predicted molar refractivity (Wildman–Crippen MR) is 97.1 cm³/mol. The molecule has 0 aliphatic carbocycles. The van der Waals surface area contributed by atoms with Gasteiger partial charge < -0.3 is 19.9 Å². The summed E-state index contributed by atoms with van der Waals surface area (Å²) in [6.45, 7) is 2.48. The van der Waals surface area contributed by atoms with E-state index in [0.29, 0.717) is 23.5 Å². The van der Waals surface area contributed by atoms with Crippen LogP contribution < -0.4 is 0 Å². The highest BCUT2D eigenvalue weighted by atomic mass is 16.4. The Hall–Kier alpha value is -3.54. The summed E-state index contributed by atoms with van der Waals surface area (Å²) in [6, 6.07) is 12.8. The summed E-state index contributed by atoms with van der Waals surface area (Å²) in [5, 5.41) is 29.5. The summed E-state index contributed by atoms with van der Waals surface area (Å²) in [7, 11) is 0. The van der Waals surface area contributed by atoms with Gasteiger partial charge in [-0.15, -0.1) is 0 Å². The zero-order valence-electron chi connectivity index (χ0n) is 14.0. The summed E-state index contributed by atoms with van der Waals surface area (Å²) in [6.07, 6.45) is 2.24. The maximum absolute atomic E-state index is 11.4. The number of aliphatic hydroxyl groups is 1. The van der Waals surface area contributed by atoms with Crippen molar-refractivity contribution in [2.45, 2.75) is 13.5 Å². The minimum Gasteiger partial charge on any atom is -0.507 e. The van der Waals surface area contributed by atoms with Crippen LogP contribution in [0.3, 0.4) is 0 Å². The SMILES string of the molecule is Cc1ccccc1Cn1cc(C(O)=CC(=O)C(=O)O)c2c(O)cccc21. The molecule has 0 spiro atoms. The van der Waals surface area contributed by atoms with Crippen LogP contribution in [0.1, 0.15) is 16.7 Å². The van der Waals surface area contributed by atoms with Crippen LogP contribution in [0.15, 0.2) is 54.7 Å². The Morgan fingerprint density at radius 3 is 2.50 bits per heavy atom. The van der Waals surface area contributed by atoms with Gasteiger partial charge in [-0.1, -0.05) is 30.3 Å². The molecular formula is C20H17NO5. The topological polar surface area (TPSA) is 99.8 Å². The van der Waals surface area contributed by atoms with Gasteiger partial charge in [-0.3, -0.25) is 4.79 Å². The average Bonchev–Trinajstić information content (AvgIpc) is 2.97. The van der Waals surface area contributed by atoms with Crippen LogP contribution >= 0.6 is 0 Å². The minimum absolute atomic E-state index is 0.0660. The largest absolute Gasteiger partial charge is 0.507 e. The number of ketones is 1. The van der Waals surface area contributed by atoms with Gasteiger partial charge in [0.05, 0.1) is 10.9 Å². The Morgan fingerprint density at radius 1 is 1.08 bits per heavy atom. The number of nitrogens with zero attached hydrogens (tertiary/aromatic N) is 1. The van der Waals surface area contributed by atoms with Crippen LogP contribution in [0.2, 0.25) is 0 Å². The summed E-state index contributed by atoms with van der Waals surface area (Å²) in [5.74, 6) is -3.47. The van der Waals surface area contributed by atoms with E-state index < -0.39 is 17.5 Å². The number of hydrogen-bond donors (Lipinski definition) is 3. The van der Waals surface area contributed by atoms with Crippen LogP contribution in [0, 0.1) is 6.92 Å². The monoisotopic (exact) mass is 351 g/mol. The first-order chi connectivity index (χ1) is 12.4. The number of fused-ring (bicyclic) bond motifs is 1. The van der Waals surface area contributed by atoms with Gasteiger partial charge in [0.15, 0.2) is 0 Å². The van der Waals surface area contributed by atoms with Gasteiger partial charge in [-0.2, -0.15) is 0 Å². The van der Waals surface area contributed by atoms with Crippen molar-refractivity contribution in [3.63, 3.8) is 0 Å². The highest BCUT2D eigenvalue weighted by Crippen LogP contribution is 2.33. The van der Waals surface area contributed by atoms with Gasteiger partial charge >= 0.3 is 5.97 Å². The molecule has 0 aliphatic heterocycles. The van der Waals surface area contributed by atoms with Crippen LogP contribution in [0.4, 0.5) is 0 Å². The molecule has 0 saturated heterocycles. The molecule has 0 amide bonds. The van der Waals surface area contributed by atoms with E-state index in [1.807, 2.05) is 35.8 Å². The second kappa shape index (κ2) is 6.76. The number of rotatable bonds is 5. The van der Waals surface area contributed by atoms with E-state index in [4.69, 9.17) is 5.11 Å². The first kappa shape index (κ1) is 17.3. The number of hydrogen-bond acceptors (Lipinski definition) is 4. The number of carbonyl (C=O) groups is 2. The fraction of sp³-hybridized carbons (Fsp3) is 0.100. The minimum atomic E-state index is -1.66. The number of aryl methyl sites for hydroxylation is 1. The Morgan fingerprint density at radius 2 is 1.81 bits per heavy atom. The van der Waals surface area contributed by atoms with E-state index in [1.165, 1.54) is 6.07 Å². The van der Waals surface area contributed by atoms with Crippen molar-refractivity contribution in [2.24, 2.45) is 0 Å². The van der Waals surface area contributed by atoms with Crippen molar-refractivity contribution in [1.29, 1.82) is 0 Å². The zero-order valence-corrected chi connectivity index (χ0v) is 14.0. The summed E-state index contributed by atoms with van der Waals surface area (Å²) in [5.41, 5.74) is 3.01. The first-order valence-electron chi connectivity index (χ1n) is 7.92. The normalized spacial score (nSPS) is 11.7. The summed E-state index contributed by atoms with van der Waals surface area (Å²) < 4.78 is 1.84. The Bertz CT molecular complexity index is 1050. The number of phenolic OH excluding ortho intramolecular Hbond substituents is 1. The molecule has 0 fully saturated rings. The third kappa shape index (κ3) is 3.17. The molecule has 3 N–H and O–H groups in total. The molecule has 0 aliphatic rings. The molecule has 132 valence electrons. The fourth-order valence-electron chi connectivity index (χ4n) is 2.89. The van der Waals surface area contributed by atoms with Crippen molar-refractivity contribution >= 4 is 28.4 Å². The van der Waals surface area contributed by atoms with E-state index in [9.17, 15) is 19.8 Å². The first-order valence-corrected chi connectivity index (χ1v) is 7.92. The quantitative estimate of drug-likeness (QED) is 0.372. The maximum atomic E-state index is 11.4. The Kier molecular flexibility index (Phi) is 4.49. The second-order valence-corrected chi connectivity index (χ2v) is 5.97.